The van der Waals surface area contributed by atoms with Gasteiger partial charge in [-0.25, -0.2) is 0 Å². The van der Waals surface area contributed by atoms with Crippen LogP contribution in [0.2, 0.25) is 0 Å². The molecule has 0 unspecified atom stereocenters. The second kappa shape index (κ2) is 10.2. The number of methoxy groups -OCH3 is 1. The van der Waals surface area contributed by atoms with Crippen LogP contribution in [-0.2, 0) is 10.2 Å². The molecule has 6 heteroatoms. The van der Waals surface area contributed by atoms with Crippen LogP contribution in [0, 0.1) is 0 Å². The molecule has 0 radical (unpaired) electrons. The summed E-state index contributed by atoms with van der Waals surface area (Å²) in [5.41, 5.74) is 1.38. The van der Waals surface area contributed by atoms with E-state index in [9.17, 15) is 0 Å². The van der Waals surface area contributed by atoms with Crippen LogP contribution in [0.1, 0.15) is 39.2 Å². The van der Waals surface area contributed by atoms with Crippen LogP contribution in [0.25, 0.3) is 0 Å². The standard InChI is InChI=1S/C21H35N3O2S/c1-6-22-19(23-15-20(2,3)27-5)24-16-21(11-13-26-14-12-21)17-7-9-18(25-4)10-8-17/h7-10H,6,11-16H2,1-5H3,(H2,22,23,24). The monoisotopic (exact) mass is 393 g/mol. The van der Waals surface area contributed by atoms with E-state index in [4.69, 9.17) is 14.5 Å². The summed E-state index contributed by atoms with van der Waals surface area (Å²) in [7, 11) is 1.70. The van der Waals surface area contributed by atoms with Gasteiger partial charge in [0.05, 0.1) is 13.7 Å². The molecule has 0 spiro atoms. The van der Waals surface area contributed by atoms with Crippen molar-refractivity contribution in [1.82, 2.24) is 10.6 Å². The number of thioether (sulfide) groups is 1. The van der Waals surface area contributed by atoms with E-state index in [0.29, 0.717) is 0 Å². The van der Waals surface area contributed by atoms with Crippen LogP contribution in [0.15, 0.2) is 29.3 Å². The van der Waals surface area contributed by atoms with Gasteiger partial charge in [-0.1, -0.05) is 12.1 Å². The Kier molecular flexibility index (Phi) is 8.29. The van der Waals surface area contributed by atoms with E-state index < -0.39 is 0 Å². The first-order valence-electron chi connectivity index (χ1n) is 9.74. The molecule has 1 aliphatic heterocycles. The van der Waals surface area contributed by atoms with E-state index in [1.54, 1.807) is 7.11 Å². The summed E-state index contributed by atoms with van der Waals surface area (Å²) in [6.45, 7) is 10.6. The second-order valence-electron chi connectivity index (χ2n) is 7.63. The predicted molar refractivity (Wildman–Crippen MR) is 116 cm³/mol. The topological polar surface area (TPSA) is 54.9 Å². The first-order valence-corrected chi connectivity index (χ1v) is 11.0. The Labute approximate surface area is 168 Å². The smallest absolute Gasteiger partial charge is 0.191 e. The van der Waals surface area contributed by atoms with E-state index in [1.807, 2.05) is 23.9 Å². The van der Waals surface area contributed by atoms with Crippen molar-refractivity contribution in [2.24, 2.45) is 4.99 Å². The number of hydrogen-bond donors (Lipinski definition) is 2. The average molecular weight is 394 g/mol. The quantitative estimate of drug-likeness (QED) is 0.523. The lowest BCUT2D eigenvalue weighted by atomic mass is 9.74. The zero-order valence-electron chi connectivity index (χ0n) is 17.4. The van der Waals surface area contributed by atoms with E-state index in [0.717, 1.165) is 57.4 Å². The molecule has 5 nitrogen and oxygen atoms in total. The lowest BCUT2D eigenvalue weighted by Crippen LogP contribution is -2.48. The van der Waals surface area contributed by atoms with Crippen molar-refractivity contribution in [3.63, 3.8) is 0 Å². The van der Waals surface area contributed by atoms with Crippen molar-refractivity contribution in [2.45, 2.75) is 43.8 Å². The number of benzene rings is 1. The fourth-order valence-corrected chi connectivity index (χ4v) is 3.40. The van der Waals surface area contributed by atoms with Gasteiger partial charge in [-0.05, 0) is 57.6 Å². The van der Waals surface area contributed by atoms with Gasteiger partial charge >= 0.3 is 0 Å². The molecule has 1 aliphatic rings. The average Bonchev–Trinajstić information content (AvgIpc) is 2.71. The van der Waals surface area contributed by atoms with Gasteiger partial charge in [0, 0.05) is 36.5 Å². The summed E-state index contributed by atoms with van der Waals surface area (Å²) in [5, 5.41) is 6.98. The van der Waals surface area contributed by atoms with Crippen LogP contribution in [-0.4, -0.2) is 56.9 Å². The molecule has 0 saturated carbocycles. The number of nitrogens with zero attached hydrogens (tertiary/aromatic N) is 1. The lowest BCUT2D eigenvalue weighted by Gasteiger charge is -2.38. The second-order valence-corrected chi connectivity index (χ2v) is 9.15. The van der Waals surface area contributed by atoms with Gasteiger partial charge < -0.3 is 20.1 Å². The third kappa shape index (κ3) is 6.32. The molecule has 1 fully saturated rings. The van der Waals surface area contributed by atoms with Crippen molar-refractivity contribution in [2.75, 3.05) is 46.2 Å². The normalized spacial score (nSPS) is 17.4. The summed E-state index contributed by atoms with van der Waals surface area (Å²) in [6, 6.07) is 8.47. The van der Waals surface area contributed by atoms with Crippen LogP contribution >= 0.6 is 11.8 Å². The maximum atomic E-state index is 5.65. The number of rotatable bonds is 8. The van der Waals surface area contributed by atoms with Crippen LogP contribution < -0.4 is 15.4 Å². The van der Waals surface area contributed by atoms with Crippen molar-refractivity contribution < 1.29 is 9.47 Å². The number of aliphatic imine (C=N–C) groups is 1. The van der Waals surface area contributed by atoms with Crippen LogP contribution in [0.5, 0.6) is 5.75 Å². The van der Waals surface area contributed by atoms with E-state index in [2.05, 4.69) is 49.8 Å². The van der Waals surface area contributed by atoms with Gasteiger partial charge in [0.25, 0.3) is 0 Å². The molecular weight excluding hydrogens is 358 g/mol. The molecule has 2 N–H and O–H groups in total. The van der Waals surface area contributed by atoms with Crippen LogP contribution in [0.4, 0.5) is 0 Å². The van der Waals surface area contributed by atoms with Crippen molar-refractivity contribution in [3.05, 3.63) is 29.8 Å². The summed E-state index contributed by atoms with van der Waals surface area (Å²) < 4.78 is 11.1. The highest BCUT2D eigenvalue weighted by molar-refractivity contribution is 7.99. The van der Waals surface area contributed by atoms with E-state index in [-0.39, 0.29) is 10.2 Å². The van der Waals surface area contributed by atoms with Crippen molar-refractivity contribution >= 4 is 17.7 Å². The highest BCUT2D eigenvalue weighted by Gasteiger charge is 2.34. The Balaban J connectivity index is 2.15. The highest BCUT2D eigenvalue weighted by Crippen LogP contribution is 2.35. The first-order chi connectivity index (χ1) is 12.9. The number of nitrogens with one attached hydrogen (secondary N) is 2. The fourth-order valence-electron chi connectivity index (χ4n) is 3.20. The molecular formula is C21H35N3O2S. The molecule has 1 aromatic carbocycles. The fraction of sp³-hybridized carbons (Fsp3) is 0.667. The molecule has 0 bridgehead atoms. The van der Waals surface area contributed by atoms with Crippen LogP contribution in [0.3, 0.4) is 0 Å². The first kappa shape index (κ1) is 21.9. The minimum atomic E-state index is 0.0513. The third-order valence-electron chi connectivity index (χ3n) is 5.26. The molecule has 0 aromatic heterocycles. The van der Waals surface area contributed by atoms with E-state index in [1.165, 1.54) is 5.56 Å². The summed E-state index contributed by atoms with van der Waals surface area (Å²) in [5.74, 6) is 1.78. The zero-order chi connectivity index (χ0) is 19.8. The molecule has 0 amide bonds. The number of hydrogen-bond acceptors (Lipinski definition) is 4. The Hall–Kier alpha value is -1.40. The Bertz CT molecular complexity index is 596. The third-order valence-corrected chi connectivity index (χ3v) is 6.50. The number of guanidine groups is 1. The molecule has 0 atom stereocenters. The SMILES string of the molecule is CCNC(=NCC(C)(C)SC)NCC1(c2ccc(OC)cc2)CCOCC1. The maximum absolute atomic E-state index is 5.65. The predicted octanol–water partition coefficient (Wildman–Crippen LogP) is 3.44. The molecule has 0 aliphatic carbocycles. The molecule has 2 rings (SSSR count). The highest BCUT2D eigenvalue weighted by atomic mass is 32.2. The van der Waals surface area contributed by atoms with Gasteiger partial charge in [0.1, 0.15) is 5.75 Å². The van der Waals surface area contributed by atoms with E-state index >= 15 is 0 Å². The molecule has 27 heavy (non-hydrogen) atoms. The number of ether oxygens (including phenoxy) is 2. The summed E-state index contributed by atoms with van der Waals surface area (Å²) in [4.78, 5) is 4.81. The Morgan fingerprint density at radius 1 is 1.22 bits per heavy atom. The van der Waals surface area contributed by atoms with Gasteiger partial charge in [0.2, 0.25) is 0 Å². The van der Waals surface area contributed by atoms with Gasteiger partial charge in [-0.2, -0.15) is 11.8 Å². The van der Waals surface area contributed by atoms with Gasteiger partial charge in [-0.15, -0.1) is 0 Å². The lowest BCUT2D eigenvalue weighted by molar-refractivity contribution is 0.0513. The molecule has 1 saturated heterocycles. The van der Waals surface area contributed by atoms with Crippen molar-refractivity contribution in [3.8, 4) is 5.75 Å². The maximum Gasteiger partial charge on any atom is 0.191 e. The Morgan fingerprint density at radius 2 is 1.89 bits per heavy atom. The molecule has 1 aromatic rings. The van der Waals surface area contributed by atoms with Crippen molar-refractivity contribution in [1.29, 1.82) is 0 Å². The molecule has 1 heterocycles. The minimum absolute atomic E-state index is 0.0513. The Morgan fingerprint density at radius 3 is 2.44 bits per heavy atom. The zero-order valence-corrected chi connectivity index (χ0v) is 18.2. The summed E-state index contributed by atoms with van der Waals surface area (Å²) in [6.07, 6.45) is 4.14. The van der Waals surface area contributed by atoms with Gasteiger partial charge in [-0.3, -0.25) is 4.99 Å². The summed E-state index contributed by atoms with van der Waals surface area (Å²) >= 11 is 1.84. The minimum Gasteiger partial charge on any atom is -0.497 e. The largest absolute Gasteiger partial charge is 0.497 e. The molecule has 152 valence electrons. The van der Waals surface area contributed by atoms with Gasteiger partial charge in [0.15, 0.2) is 5.96 Å².